The summed E-state index contributed by atoms with van der Waals surface area (Å²) in [5, 5.41) is 0. The molecule has 0 aromatic carbocycles. The van der Waals surface area contributed by atoms with E-state index in [0.717, 1.165) is 0 Å². The van der Waals surface area contributed by atoms with Gasteiger partial charge in [-0.15, -0.1) is 6.42 Å². The van der Waals surface area contributed by atoms with Crippen molar-refractivity contribution in [1.82, 2.24) is 0 Å². The lowest BCUT2D eigenvalue weighted by Gasteiger charge is -2.09. The number of hydrogen-bond acceptors (Lipinski definition) is 4. The number of carbonyl (C=O) groups is 1. The molecule has 0 amide bonds. The Labute approximate surface area is 84.6 Å². The molecule has 0 aromatic rings. The van der Waals surface area contributed by atoms with Gasteiger partial charge in [0.05, 0.1) is 6.10 Å². The Bertz CT molecular complexity index is 323. The van der Waals surface area contributed by atoms with Gasteiger partial charge in [0.25, 0.3) is 0 Å². The Balaban J connectivity index is 4.15. The highest BCUT2D eigenvalue weighted by atomic mass is 32.2. The molecule has 5 heteroatoms. The Morgan fingerprint density at radius 2 is 2.14 bits per heavy atom. The van der Waals surface area contributed by atoms with E-state index in [4.69, 9.17) is 11.2 Å². The second kappa shape index (κ2) is 5.66. The Kier molecular flexibility index (Phi) is 5.24. The molecule has 0 aliphatic rings. The first-order valence-electron chi connectivity index (χ1n) is 4.24. The third-order valence-corrected chi connectivity index (χ3v) is 2.83. The SMILES string of the molecule is C#CCS(=O)(=O)CC(=O)OC(C)CC. The van der Waals surface area contributed by atoms with Gasteiger partial charge in [-0.2, -0.15) is 0 Å². The van der Waals surface area contributed by atoms with Crippen molar-refractivity contribution in [3.8, 4) is 12.3 Å². The van der Waals surface area contributed by atoms with Crippen LogP contribution in [-0.4, -0.2) is 32.0 Å². The molecule has 0 aliphatic carbocycles. The van der Waals surface area contributed by atoms with E-state index in [1.54, 1.807) is 6.92 Å². The number of terminal acetylenes is 1. The number of esters is 1. The molecular formula is C9H14O4S. The molecule has 0 bridgehead atoms. The van der Waals surface area contributed by atoms with Crippen LogP contribution in [0.25, 0.3) is 0 Å². The molecule has 14 heavy (non-hydrogen) atoms. The molecule has 0 rings (SSSR count). The molecule has 0 fully saturated rings. The van der Waals surface area contributed by atoms with E-state index in [9.17, 15) is 13.2 Å². The van der Waals surface area contributed by atoms with E-state index in [2.05, 4.69) is 0 Å². The van der Waals surface area contributed by atoms with Crippen LogP contribution in [0.5, 0.6) is 0 Å². The normalized spacial score (nSPS) is 12.9. The molecule has 1 unspecified atom stereocenters. The van der Waals surface area contributed by atoms with E-state index in [-0.39, 0.29) is 6.10 Å². The summed E-state index contributed by atoms with van der Waals surface area (Å²) in [4.78, 5) is 11.0. The van der Waals surface area contributed by atoms with Crippen molar-refractivity contribution < 1.29 is 17.9 Å². The van der Waals surface area contributed by atoms with Gasteiger partial charge < -0.3 is 4.74 Å². The third kappa shape index (κ3) is 5.60. The predicted octanol–water partition coefficient (Wildman–Crippen LogP) is 0.376. The topological polar surface area (TPSA) is 60.4 Å². The van der Waals surface area contributed by atoms with Gasteiger partial charge >= 0.3 is 5.97 Å². The predicted molar refractivity (Wildman–Crippen MR) is 53.3 cm³/mol. The fraction of sp³-hybridized carbons (Fsp3) is 0.667. The maximum atomic E-state index is 11.1. The Morgan fingerprint density at radius 1 is 1.57 bits per heavy atom. The van der Waals surface area contributed by atoms with Crippen LogP contribution in [0.2, 0.25) is 0 Å². The van der Waals surface area contributed by atoms with Crippen LogP contribution in [0.15, 0.2) is 0 Å². The Hall–Kier alpha value is -1.02. The molecule has 0 radical (unpaired) electrons. The zero-order valence-corrected chi connectivity index (χ0v) is 9.13. The minimum absolute atomic E-state index is 0.261. The van der Waals surface area contributed by atoms with Crippen LogP contribution in [0.1, 0.15) is 20.3 Å². The minimum Gasteiger partial charge on any atom is -0.462 e. The lowest BCUT2D eigenvalue weighted by atomic mass is 10.3. The highest BCUT2D eigenvalue weighted by molar-refractivity contribution is 7.92. The maximum absolute atomic E-state index is 11.1. The summed E-state index contributed by atoms with van der Waals surface area (Å²) in [5.74, 6) is 0.178. The molecule has 0 heterocycles. The van der Waals surface area contributed by atoms with Crippen LogP contribution in [0.3, 0.4) is 0 Å². The van der Waals surface area contributed by atoms with Crippen molar-refractivity contribution in [3.63, 3.8) is 0 Å². The summed E-state index contributed by atoms with van der Waals surface area (Å²) in [6.45, 7) is 3.54. The molecule has 0 N–H and O–H groups in total. The monoisotopic (exact) mass is 218 g/mol. The molecule has 4 nitrogen and oxygen atoms in total. The number of carbonyl (C=O) groups excluding carboxylic acids is 1. The van der Waals surface area contributed by atoms with Crippen LogP contribution in [-0.2, 0) is 19.4 Å². The number of sulfone groups is 1. The highest BCUT2D eigenvalue weighted by Gasteiger charge is 2.17. The summed E-state index contributed by atoms with van der Waals surface area (Å²) in [6.07, 6.45) is 5.23. The van der Waals surface area contributed by atoms with E-state index >= 15 is 0 Å². The van der Waals surface area contributed by atoms with E-state index in [1.807, 2.05) is 12.8 Å². The smallest absolute Gasteiger partial charge is 0.321 e. The molecular weight excluding hydrogens is 204 g/mol. The highest BCUT2D eigenvalue weighted by Crippen LogP contribution is 1.99. The average molecular weight is 218 g/mol. The van der Waals surface area contributed by atoms with Gasteiger partial charge in [0.15, 0.2) is 9.84 Å². The van der Waals surface area contributed by atoms with Crippen molar-refractivity contribution in [1.29, 1.82) is 0 Å². The van der Waals surface area contributed by atoms with Crippen LogP contribution >= 0.6 is 0 Å². The fourth-order valence-corrected chi connectivity index (χ4v) is 1.48. The van der Waals surface area contributed by atoms with E-state index in [1.165, 1.54) is 0 Å². The van der Waals surface area contributed by atoms with Gasteiger partial charge in [-0.1, -0.05) is 12.8 Å². The third-order valence-electron chi connectivity index (χ3n) is 1.55. The number of rotatable bonds is 5. The van der Waals surface area contributed by atoms with Crippen LogP contribution in [0.4, 0.5) is 0 Å². The average Bonchev–Trinajstić information content (AvgIpc) is 2.02. The summed E-state index contributed by atoms with van der Waals surface area (Å²) in [6, 6.07) is 0. The van der Waals surface area contributed by atoms with Crippen molar-refractivity contribution in [2.24, 2.45) is 0 Å². The van der Waals surface area contributed by atoms with Gasteiger partial charge in [0.2, 0.25) is 0 Å². The molecule has 0 saturated carbocycles. The molecule has 1 atom stereocenters. The lowest BCUT2D eigenvalue weighted by molar-refractivity contribution is -0.145. The second-order valence-corrected chi connectivity index (χ2v) is 5.01. The molecule has 0 spiro atoms. The van der Waals surface area contributed by atoms with Gasteiger partial charge in [0, 0.05) is 0 Å². The van der Waals surface area contributed by atoms with E-state index in [0.29, 0.717) is 6.42 Å². The summed E-state index contributed by atoms with van der Waals surface area (Å²) in [5.41, 5.74) is 0. The lowest BCUT2D eigenvalue weighted by Crippen LogP contribution is -2.23. The van der Waals surface area contributed by atoms with Crippen LogP contribution < -0.4 is 0 Å². The standard InChI is InChI=1S/C9H14O4S/c1-4-6-14(11,12)7-9(10)13-8(3)5-2/h1,8H,5-7H2,2-3H3. The maximum Gasteiger partial charge on any atom is 0.321 e. The van der Waals surface area contributed by atoms with E-state index < -0.39 is 27.3 Å². The quantitative estimate of drug-likeness (QED) is 0.494. The molecule has 0 aliphatic heterocycles. The van der Waals surface area contributed by atoms with Gasteiger partial charge in [-0.25, -0.2) is 8.42 Å². The molecule has 0 saturated heterocycles. The van der Waals surface area contributed by atoms with Crippen molar-refractivity contribution in [2.45, 2.75) is 26.4 Å². The van der Waals surface area contributed by atoms with Gasteiger partial charge in [-0.3, -0.25) is 4.79 Å². The fourth-order valence-electron chi connectivity index (χ4n) is 0.699. The number of ether oxygens (including phenoxy) is 1. The zero-order valence-electron chi connectivity index (χ0n) is 8.32. The van der Waals surface area contributed by atoms with Crippen molar-refractivity contribution >= 4 is 15.8 Å². The Morgan fingerprint density at radius 3 is 2.57 bits per heavy atom. The second-order valence-electron chi connectivity index (χ2n) is 2.95. The zero-order chi connectivity index (χ0) is 11.2. The van der Waals surface area contributed by atoms with Gasteiger partial charge in [-0.05, 0) is 13.3 Å². The van der Waals surface area contributed by atoms with Crippen molar-refractivity contribution in [3.05, 3.63) is 0 Å². The van der Waals surface area contributed by atoms with Crippen molar-refractivity contribution in [2.75, 3.05) is 11.5 Å². The first-order valence-corrected chi connectivity index (χ1v) is 6.06. The summed E-state index contributed by atoms with van der Waals surface area (Å²) >= 11 is 0. The molecule has 80 valence electrons. The van der Waals surface area contributed by atoms with Gasteiger partial charge in [0.1, 0.15) is 11.5 Å². The minimum atomic E-state index is -3.50. The first kappa shape index (κ1) is 13.0. The molecule has 0 aromatic heterocycles. The first-order chi connectivity index (χ1) is 6.41. The summed E-state index contributed by atoms with van der Waals surface area (Å²) < 4.78 is 26.9. The largest absolute Gasteiger partial charge is 0.462 e. The summed E-state index contributed by atoms with van der Waals surface area (Å²) in [7, 11) is -3.50. The van der Waals surface area contributed by atoms with Crippen LogP contribution in [0, 0.1) is 12.3 Å². The number of hydrogen-bond donors (Lipinski definition) is 0.